The monoisotopic (exact) mass is 243 g/mol. The van der Waals surface area contributed by atoms with Crippen LogP contribution in [0, 0.1) is 0 Å². The van der Waals surface area contributed by atoms with Crippen LogP contribution in [0.5, 0.6) is 11.5 Å². The Kier molecular flexibility index (Phi) is 4.20. The molecule has 0 amide bonds. The van der Waals surface area contributed by atoms with Gasteiger partial charge in [0, 0.05) is 6.54 Å². The largest absolute Gasteiger partial charge is 0.493 e. The summed E-state index contributed by atoms with van der Waals surface area (Å²) in [5, 5.41) is 0. The summed E-state index contributed by atoms with van der Waals surface area (Å²) in [4.78, 5) is 0. The van der Waals surface area contributed by atoms with Gasteiger partial charge in [-0.1, -0.05) is 36.4 Å². The first-order valence-electron chi connectivity index (χ1n) is 5.87. The van der Waals surface area contributed by atoms with E-state index in [9.17, 15) is 0 Å². The molecule has 0 heterocycles. The fourth-order valence-corrected chi connectivity index (χ4v) is 1.75. The van der Waals surface area contributed by atoms with Gasteiger partial charge in [-0.05, 0) is 23.3 Å². The molecule has 0 saturated carbocycles. The van der Waals surface area contributed by atoms with E-state index < -0.39 is 0 Å². The zero-order valence-electron chi connectivity index (χ0n) is 10.4. The van der Waals surface area contributed by atoms with Crippen LogP contribution < -0.4 is 15.2 Å². The fraction of sp³-hybridized carbons (Fsp3) is 0.200. The van der Waals surface area contributed by atoms with Crippen LogP contribution >= 0.6 is 0 Å². The van der Waals surface area contributed by atoms with E-state index in [0.717, 1.165) is 22.6 Å². The Balaban J connectivity index is 2.06. The number of hydrogen-bond donors (Lipinski definition) is 1. The first kappa shape index (κ1) is 12.5. The highest BCUT2D eigenvalue weighted by atomic mass is 16.5. The Morgan fingerprint density at radius 1 is 0.944 bits per heavy atom. The van der Waals surface area contributed by atoms with Crippen molar-refractivity contribution >= 4 is 0 Å². The molecule has 2 N–H and O–H groups in total. The Bertz CT molecular complexity index is 511. The van der Waals surface area contributed by atoms with Crippen LogP contribution in [-0.2, 0) is 13.2 Å². The summed E-state index contributed by atoms with van der Waals surface area (Å²) < 4.78 is 11.0. The highest BCUT2D eigenvalue weighted by Crippen LogP contribution is 2.26. The third-order valence-electron chi connectivity index (χ3n) is 2.69. The van der Waals surface area contributed by atoms with Crippen molar-refractivity contribution in [1.29, 1.82) is 0 Å². The molecule has 0 bridgehead atoms. The summed E-state index contributed by atoms with van der Waals surface area (Å²) in [6, 6.07) is 15.7. The molecular formula is C15H17NO2. The van der Waals surface area contributed by atoms with E-state index in [1.54, 1.807) is 7.11 Å². The van der Waals surface area contributed by atoms with Crippen molar-refractivity contribution in [3.8, 4) is 11.5 Å². The molecule has 3 nitrogen and oxygen atoms in total. The topological polar surface area (TPSA) is 44.5 Å². The lowest BCUT2D eigenvalue weighted by atomic mass is 10.1. The number of benzene rings is 2. The van der Waals surface area contributed by atoms with Gasteiger partial charge in [-0.3, -0.25) is 0 Å². The minimum atomic E-state index is 0.508. The molecule has 0 spiro atoms. The molecule has 0 saturated heterocycles. The second-order valence-electron chi connectivity index (χ2n) is 3.96. The lowest BCUT2D eigenvalue weighted by Gasteiger charge is -2.10. The Hall–Kier alpha value is -2.00. The smallest absolute Gasteiger partial charge is 0.161 e. The van der Waals surface area contributed by atoms with Gasteiger partial charge in [0.15, 0.2) is 11.5 Å². The van der Waals surface area contributed by atoms with Crippen molar-refractivity contribution in [2.75, 3.05) is 7.11 Å². The van der Waals surface area contributed by atoms with E-state index in [2.05, 4.69) is 6.07 Å². The molecule has 0 fully saturated rings. The summed E-state index contributed by atoms with van der Waals surface area (Å²) in [5.41, 5.74) is 7.82. The molecule has 2 aromatic rings. The van der Waals surface area contributed by atoms with Crippen LogP contribution in [0.25, 0.3) is 0 Å². The minimum Gasteiger partial charge on any atom is -0.493 e. The van der Waals surface area contributed by atoms with Crippen LogP contribution in [0.15, 0.2) is 48.5 Å². The number of para-hydroxylation sites is 2. The first-order valence-corrected chi connectivity index (χ1v) is 5.87. The second-order valence-corrected chi connectivity index (χ2v) is 3.96. The van der Waals surface area contributed by atoms with Gasteiger partial charge in [0.1, 0.15) is 6.61 Å². The van der Waals surface area contributed by atoms with Crippen LogP contribution in [0.1, 0.15) is 11.1 Å². The third kappa shape index (κ3) is 3.02. The number of rotatable bonds is 5. The van der Waals surface area contributed by atoms with Gasteiger partial charge in [0.05, 0.1) is 7.11 Å². The predicted molar refractivity (Wildman–Crippen MR) is 71.7 cm³/mol. The van der Waals surface area contributed by atoms with Crippen molar-refractivity contribution in [3.63, 3.8) is 0 Å². The van der Waals surface area contributed by atoms with Gasteiger partial charge in [-0.2, -0.15) is 0 Å². The standard InChI is InChI=1S/C15H17NO2/c1-17-14-7-2-3-8-15(14)18-11-13-6-4-5-12(9-13)10-16/h2-9H,10-11,16H2,1H3. The van der Waals surface area contributed by atoms with E-state index in [0.29, 0.717) is 13.2 Å². The van der Waals surface area contributed by atoms with Crippen molar-refractivity contribution in [1.82, 2.24) is 0 Å². The normalized spacial score (nSPS) is 10.1. The van der Waals surface area contributed by atoms with Gasteiger partial charge < -0.3 is 15.2 Å². The third-order valence-corrected chi connectivity index (χ3v) is 2.69. The Labute approximate surface area is 107 Å². The molecular weight excluding hydrogens is 226 g/mol. The lowest BCUT2D eigenvalue weighted by Crippen LogP contribution is -2.00. The first-order chi connectivity index (χ1) is 8.83. The Morgan fingerprint density at radius 2 is 1.67 bits per heavy atom. The van der Waals surface area contributed by atoms with Crippen LogP contribution in [0.3, 0.4) is 0 Å². The van der Waals surface area contributed by atoms with E-state index in [1.807, 2.05) is 42.5 Å². The zero-order valence-corrected chi connectivity index (χ0v) is 10.4. The van der Waals surface area contributed by atoms with Gasteiger partial charge >= 0.3 is 0 Å². The molecule has 2 rings (SSSR count). The minimum absolute atomic E-state index is 0.508. The molecule has 0 aliphatic carbocycles. The maximum absolute atomic E-state index is 5.75. The molecule has 18 heavy (non-hydrogen) atoms. The number of methoxy groups -OCH3 is 1. The molecule has 0 radical (unpaired) electrons. The average molecular weight is 243 g/mol. The fourth-order valence-electron chi connectivity index (χ4n) is 1.75. The van der Waals surface area contributed by atoms with Crippen molar-refractivity contribution < 1.29 is 9.47 Å². The van der Waals surface area contributed by atoms with Gasteiger partial charge in [0.25, 0.3) is 0 Å². The summed E-state index contributed by atoms with van der Waals surface area (Å²) in [6.07, 6.45) is 0. The summed E-state index contributed by atoms with van der Waals surface area (Å²) in [5.74, 6) is 1.49. The van der Waals surface area contributed by atoms with Crippen LogP contribution in [-0.4, -0.2) is 7.11 Å². The predicted octanol–water partition coefficient (Wildman–Crippen LogP) is 2.73. The van der Waals surface area contributed by atoms with Crippen LogP contribution in [0.4, 0.5) is 0 Å². The van der Waals surface area contributed by atoms with E-state index >= 15 is 0 Å². The second kappa shape index (κ2) is 6.07. The molecule has 0 unspecified atom stereocenters. The van der Waals surface area contributed by atoms with E-state index in [1.165, 1.54) is 0 Å². The molecule has 94 valence electrons. The number of hydrogen-bond acceptors (Lipinski definition) is 3. The van der Waals surface area contributed by atoms with E-state index in [4.69, 9.17) is 15.2 Å². The molecule has 0 aliphatic heterocycles. The average Bonchev–Trinajstić information content (AvgIpc) is 2.45. The van der Waals surface area contributed by atoms with Crippen molar-refractivity contribution in [2.24, 2.45) is 5.73 Å². The summed E-state index contributed by atoms with van der Waals surface area (Å²) in [7, 11) is 1.64. The van der Waals surface area contributed by atoms with Gasteiger partial charge in [0.2, 0.25) is 0 Å². The summed E-state index contributed by atoms with van der Waals surface area (Å²) in [6.45, 7) is 1.05. The van der Waals surface area contributed by atoms with Crippen molar-refractivity contribution in [3.05, 3.63) is 59.7 Å². The SMILES string of the molecule is COc1ccccc1OCc1cccc(CN)c1. The maximum Gasteiger partial charge on any atom is 0.161 e. The Morgan fingerprint density at radius 3 is 2.39 bits per heavy atom. The number of nitrogens with two attached hydrogens (primary N) is 1. The quantitative estimate of drug-likeness (QED) is 0.878. The number of ether oxygens (including phenoxy) is 2. The van der Waals surface area contributed by atoms with E-state index in [-0.39, 0.29) is 0 Å². The molecule has 0 atom stereocenters. The highest BCUT2D eigenvalue weighted by molar-refractivity contribution is 5.39. The maximum atomic E-state index is 5.75. The van der Waals surface area contributed by atoms with Gasteiger partial charge in [-0.15, -0.1) is 0 Å². The molecule has 0 aliphatic rings. The summed E-state index contributed by atoms with van der Waals surface area (Å²) >= 11 is 0. The lowest BCUT2D eigenvalue weighted by molar-refractivity contribution is 0.284. The molecule has 3 heteroatoms. The zero-order chi connectivity index (χ0) is 12.8. The highest BCUT2D eigenvalue weighted by Gasteiger charge is 2.03. The molecule has 0 aromatic heterocycles. The van der Waals surface area contributed by atoms with Crippen molar-refractivity contribution in [2.45, 2.75) is 13.2 Å². The van der Waals surface area contributed by atoms with Crippen LogP contribution in [0.2, 0.25) is 0 Å². The van der Waals surface area contributed by atoms with Gasteiger partial charge in [-0.25, -0.2) is 0 Å². The molecule has 2 aromatic carbocycles.